The highest BCUT2D eigenvalue weighted by Crippen LogP contribution is 2.05. The fraction of sp³-hybridized carbons (Fsp3) is 0.267. The highest BCUT2D eigenvalue weighted by Gasteiger charge is 2.02. The Morgan fingerprint density at radius 2 is 1.85 bits per heavy atom. The van der Waals surface area contributed by atoms with Gasteiger partial charge in [-0.3, -0.25) is 0 Å². The minimum absolute atomic E-state index is 0.302. The molecule has 0 aliphatic carbocycles. The maximum absolute atomic E-state index is 10.7. The van der Waals surface area contributed by atoms with E-state index in [4.69, 9.17) is 5.11 Å². The summed E-state index contributed by atoms with van der Waals surface area (Å²) in [5.41, 5.74) is 3.26. The number of nitrogens with one attached hydrogen (secondary N) is 1. The summed E-state index contributed by atoms with van der Waals surface area (Å²) in [4.78, 5) is 19.3. The van der Waals surface area contributed by atoms with Crippen LogP contribution in [0.4, 0.5) is 0 Å². The van der Waals surface area contributed by atoms with Crippen LogP contribution in [-0.4, -0.2) is 21.0 Å². The van der Waals surface area contributed by atoms with Gasteiger partial charge in [-0.1, -0.05) is 12.1 Å². The van der Waals surface area contributed by atoms with Gasteiger partial charge in [-0.25, -0.2) is 14.8 Å². The molecule has 0 spiro atoms. The first kappa shape index (κ1) is 14.1. The van der Waals surface area contributed by atoms with Crippen molar-refractivity contribution in [3.63, 3.8) is 0 Å². The van der Waals surface area contributed by atoms with E-state index in [0.717, 1.165) is 22.8 Å². The maximum Gasteiger partial charge on any atom is 0.335 e. The quantitative estimate of drug-likeness (QED) is 0.870. The highest BCUT2D eigenvalue weighted by molar-refractivity contribution is 5.87. The molecule has 0 amide bonds. The number of aromatic nitrogens is 2. The molecule has 20 heavy (non-hydrogen) atoms. The summed E-state index contributed by atoms with van der Waals surface area (Å²) in [5, 5.41) is 12.1. The van der Waals surface area contributed by atoms with Gasteiger partial charge in [0.2, 0.25) is 0 Å². The van der Waals surface area contributed by atoms with Gasteiger partial charge in [0.25, 0.3) is 0 Å². The molecular weight excluding hydrogens is 254 g/mol. The van der Waals surface area contributed by atoms with Crippen LogP contribution >= 0.6 is 0 Å². The lowest BCUT2D eigenvalue weighted by Crippen LogP contribution is -2.14. The van der Waals surface area contributed by atoms with Crippen molar-refractivity contribution in [2.45, 2.75) is 26.9 Å². The molecule has 0 radical (unpaired) electrons. The molecule has 1 aromatic heterocycles. The van der Waals surface area contributed by atoms with E-state index in [0.29, 0.717) is 18.7 Å². The molecule has 0 atom stereocenters. The van der Waals surface area contributed by atoms with Crippen LogP contribution in [0.5, 0.6) is 0 Å². The predicted octanol–water partition coefficient (Wildman–Crippen LogP) is 2.08. The zero-order valence-corrected chi connectivity index (χ0v) is 11.6. The monoisotopic (exact) mass is 271 g/mol. The van der Waals surface area contributed by atoms with Crippen molar-refractivity contribution in [3.05, 3.63) is 58.7 Å². The Kier molecular flexibility index (Phi) is 4.42. The van der Waals surface area contributed by atoms with Crippen LogP contribution in [0.25, 0.3) is 0 Å². The van der Waals surface area contributed by atoms with Crippen molar-refractivity contribution in [1.82, 2.24) is 15.3 Å². The van der Waals surface area contributed by atoms with E-state index in [-0.39, 0.29) is 0 Å². The van der Waals surface area contributed by atoms with Crippen molar-refractivity contribution in [2.75, 3.05) is 0 Å². The topological polar surface area (TPSA) is 75.1 Å². The third-order valence-corrected chi connectivity index (χ3v) is 2.86. The van der Waals surface area contributed by atoms with Gasteiger partial charge in [-0.05, 0) is 37.6 Å². The smallest absolute Gasteiger partial charge is 0.335 e. The van der Waals surface area contributed by atoms with Crippen LogP contribution < -0.4 is 5.32 Å². The van der Waals surface area contributed by atoms with E-state index in [2.05, 4.69) is 15.3 Å². The number of rotatable bonds is 5. The van der Waals surface area contributed by atoms with Crippen LogP contribution in [0, 0.1) is 13.8 Å². The van der Waals surface area contributed by atoms with E-state index in [1.165, 1.54) is 0 Å². The van der Waals surface area contributed by atoms with Gasteiger partial charge in [0.1, 0.15) is 5.82 Å². The van der Waals surface area contributed by atoms with Crippen molar-refractivity contribution in [2.24, 2.45) is 0 Å². The summed E-state index contributed by atoms with van der Waals surface area (Å²) < 4.78 is 0. The second kappa shape index (κ2) is 6.25. The molecule has 5 nitrogen and oxygen atoms in total. The first-order chi connectivity index (χ1) is 9.54. The van der Waals surface area contributed by atoms with Crippen LogP contribution in [-0.2, 0) is 13.1 Å². The van der Waals surface area contributed by atoms with Crippen molar-refractivity contribution in [3.8, 4) is 0 Å². The lowest BCUT2D eigenvalue weighted by molar-refractivity contribution is 0.0697. The molecule has 0 aliphatic rings. The fourth-order valence-corrected chi connectivity index (χ4v) is 1.98. The molecule has 104 valence electrons. The third-order valence-electron chi connectivity index (χ3n) is 2.86. The minimum atomic E-state index is -0.906. The molecule has 1 aromatic carbocycles. The number of aromatic carboxylic acids is 1. The lowest BCUT2D eigenvalue weighted by Gasteiger charge is -2.06. The first-order valence-corrected chi connectivity index (χ1v) is 6.39. The number of aryl methyl sites for hydroxylation is 2. The zero-order chi connectivity index (χ0) is 14.5. The van der Waals surface area contributed by atoms with Crippen molar-refractivity contribution >= 4 is 5.97 Å². The second-order valence-corrected chi connectivity index (χ2v) is 4.65. The Labute approximate surface area is 117 Å². The average molecular weight is 271 g/mol. The summed E-state index contributed by atoms with van der Waals surface area (Å²) >= 11 is 0. The zero-order valence-electron chi connectivity index (χ0n) is 11.6. The summed E-state index contributed by atoms with van der Waals surface area (Å²) in [6, 6.07) is 8.80. The van der Waals surface area contributed by atoms with Gasteiger partial charge < -0.3 is 10.4 Å². The molecule has 1 heterocycles. The van der Waals surface area contributed by atoms with Gasteiger partial charge in [0.15, 0.2) is 0 Å². The number of benzene rings is 1. The molecule has 0 aliphatic heterocycles. The number of carbonyl (C=O) groups is 1. The average Bonchev–Trinajstić information content (AvgIpc) is 2.38. The second-order valence-electron chi connectivity index (χ2n) is 4.65. The van der Waals surface area contributed by atoms with Crippen molar-refractivity contribution in [1.29, 1.82) is 0 Å². The number of hydrogen-bond donors (Lipinski definition) is 2. The van der Waals surface area contributed by atoms with E-state index in [1.54, 1.807) is 12.1 Å². The fourth-order valence-electron chi connectivity index (χ4n) is 1.98. The molecular formula is C15H17N3O2. The Hall–Kier alpha value is -2.27. The Morgan fingerprint density at radius 3 is 2.45 bits per heavy atom. The van der Waals surface area contributed by atoms with Crippen LogP contribution in [0.15, 0.2) is 30.3 Å². The molecule has 0 bridgehead atoms. The molecule has 0 saturated heterocycles. The largest absolute Gasteiger partial charge is 0.478 e. The van der Waals surface area contributed by atoms with Gasteiger partial charge in [0, 0.05) is 18.8 Å². The van der Waals surface area contributed by atoms with Gasteiger partial charge in [-0.15, -0.1) is 0 Å². The van der Waals surface area contributed by atoms with E-state index >= 15 is 0 Å². The molecule has 2 rings (SSSR count). The van der Waals surface area contributed by atoms with Gasteiger partial charge in [-0.2, -0.15) is 0 Å². The van der Waals surface area contributed by atoms with Crippen LogP contribution in [0.1, 0.15) is 33.1 Å². The van der Waals surface area contributed by atoms with E-state index < -0.39 is 5.97 Å². The van der Waals surface area contributed by atoms with E-state index in [9.17, 15) is 4.79 Å². The van der Waals surface area contributed by atoms with Crippen LogP contribution in [0.3, 0.4) is 0 Å². The molecule has 5 heteroatoms. The Morgan fingerprint density at radius 1 is 1.15 bits per heavy atom. The molecule has 0 saturated carbocycles. The first-order valence-electron chi connectivity index (χ1n) is 6.39. The van der Waals surface area contributed by atoms with Gasteiger partial charge >= 0.3 is 5.97 Å². The van der Waals surface area contributed by atoms with Crippen molar-refractivity contribution < 1.29 is 9.90 Å². The lowest BCUT2D eigenvalue weighted by atomic mass is 10.1. The molecule has 2 N–H and O–H groups in total. The number of hydrogen-bond acceptors (Lipinski definition) is 4. The summed E-state index contributed by atoms with van der Waals surface area (Å²) in [6.45, 7) is 5.15. The normalized spacial score (nSPS) is 10.5. The summed E-state index contributed by atoms with van der Waals surface area (Å²) in [6.07, 6.45) is 0. The Bertz CT molecular complexity index is 589. The van der Waals surface area contributed by atoms with E-state index in [1.807, 2.05) is 32.0 Å². The summed E-state index contributed by atoms with van der Waals surface area (Å²) in [5.74, 6) is -0.135. The predicted molar refractivity (Wildman–Crippen MR) is 75.5 cm³/mol. The number of carboxylic acids is 1. The third kappa shape index (κ3) is 3.86. The Balaban J connectivity index is 1.90. The SMILES string of the molecule is Cc1cc(CNCc2ccc(C(=O)O)cc2)nc(C)n1. The molecule has 2 aromatic rings. The standard InChI is InChI=1S/C15H17N3O2/c1-10-7-14(18-11(2)17-10)9-16-8-12-3-5-13(6-4-12)15(19)20/h3-7,16H,8-9H2,1-2H3,(H,19,20). The minimum Gasteiger partial charge on any atom is -0.478 e. The van der Waals surface area contributed by atoms with Gasteiger partial charge in [0.05, 0.1) is 11.3 Å². The number of nitrogens with zero attached hydrogens (tertiary/aromatic N) is 2. The maximum atomic E-state index is 10.7. The molecule has 0 unspecified atom stereocenters. The van der Waals surface area contributed by atoms with Crippen LogP contribution in [0.2, 0.25) is 0 Å². The molecule has 0 fully saturated rings. The highest BCUT2D eigenvalue weighted by atomic mass is 16.4. The number of carboxylic acid groups (broad SMARTS) is 1. The summed E-state index contributed by atoms with van der Waals surface area (Å²) in [7, 11) is 0.